The smallest absolute Gasteiger partial charge is 0.341 e. The van der Waals surface area contributed by atoms with Crippen LogP contribution in [0.1, 0.15) is 12.0 Å². The molecule has 2 N–H and O–H groups in total. The topological polar surface area (TPSA) is 94.1 Å². The lowest BCUT2D eigenvalue weighted by Crippen LogP contribution is -2.13. The fourth-order valence-corrected chi connectivity index (χ4v) is 2.62. The van der Waals surface area contributed by atoms with Gasteiger partial charge in [-0.25, -0.2) is 4.79 Å². The average molecular weight is 394 g/mol. The highest BCUT2D eigenvalue weighted by atomic mass is 35.5. The second kappa shape index (κ2) is 9.68. The number of hydrogen-bond donors (Lipinski definition) is 2. The summed E-state index contributed by atoms with van der Waals surface area (Å²) in [5.41, 5.74) is 1.35. The van der Waals surface area contributed by atoms with E-state index in [1.807, 2.05) is 6.07 Å². The quantitative estimate of drug-likeness (QED) is 0.678. The molecule has 0 saturated carbocycles. The SMILES string of the molecule is COc1ccc(OC)c(CCC(=O)Nc2ccc(OCC(=O)O)c(Cl)c2)c1. The van der Waals surface area contributed by atoms with Crippen LogP contribution in [0.2, 0.25) is 5.02 Å². The molecule has 144 valence electrons. The lowest BCUT2D eigenvalue weighted by atomic mass is 10.1. The zero-order chi connectivity index (χ0) is 19.8. The third kappa shape index (κ3) is 6.07. The minimum Gasteiger partial charge on any atom is -0.497 e. The van der Waals surface area contributed by atoms with Gasteiger partial charge in [0.05, 0.1) is 19.2 Å². The number of anilines is 1. The number of benzene rings is 2. The Hall–Kier alpha value is -2.93. The molecule has 2 rings (SSSR count). The Balaban J connectivity index is 1.96. The molecule has 0 aliphatic carbocycles. The Morgan fingerprint density at radius 1 is 1.07 bits per heavy atom. The number of halogens is 1. The number of methoxy groups -OCH3 is 2. The van der Waals surface area contributed by atoms with Gasteiger partial charge in [0.2, 0.25) is 5.91 Å². The van der Waals surface area contributed by atoms with Crippen LogP contribution in [0.3, 0.4) is 0 Å². The van der Waals surface area contributed by atoms with E-state index in [1.54, 1.807) is 32.4 Å². The van der Waals surface area contributed by atoms with E-state index in [1.165, 1.54) is 12.1 Å². The predicted molar refractivity (Wildman–Crippen MR) is 101 cm³/mol. The number of hydrogen-bond acceptors (Lipinski definition) is 5. The van der Waals surface area contributed by atoms with Crippen molar-refractivity contribution in [3.05, 3.63) is 47.0 Å². The van der Waals surface area contributed by atoms with Crippen molar-refractivity contribution in [2.24, 2.45) is 0 Å². The highest BCUT2D eigenvalue weighted by molar-refractivity contribution is 6.32. The lowest BCUT2D eigenvalue weighted by molar-refractivity contribution is -0.139. The van der Waals surface area contributed by atoms with Crippen LogP contribution in [0.4, 0.5) is 5.69 Å². The van der Waals surface area contributed by atoms with Gasteiger partial charge in [-0.2, -0.15) is 0 Å². The van der Waals surface area contributed by atoms with E-state index in [4.69, 9.17) is 30.9 Å². The number of nitrogens with one attached hydrogen (secondary N) is 1. The molecular weight excluding hydrogens is 374 g/mol. The van der Waals surface area contributed by atoms with E-state index in [0.717, 1.165) is 5.56 Å². The molecule has 0 atom stereocenters. The summed E-state index contributed by atoms with van der Waals surface area (Å²) in [6.07, 6.45) is 0.707. The molecule has 2 aromatic carbocycles. The predicted octanol–water partition coefficient (Wildman–Crippen LogP) is 3.39. The first kappa shape index (κ1) is 20.4. The maximum Gasteiger partial charge on any atom is 0.341 e. The standard InChI is InChI=1S/C19H20ClNO6/c1-25-14-5-7-16(26-2)12(9-14)3-8-18(22)21-13-4-6-17(15(20)10-13)27-11-19(23)24/h4-7,9-10H,3,8,11H2,1-2H3,(H,21,22)(H,23,24). The molecular formula is C19H20ClNO6. The van der Waals surface area contributed by atoms with Crippen molar-refractivity contribution in [3.63, 3.8) is 0 Å². The van der Waals surface area contributed by atoms with Crippen molar-refractivity contribution in [1.29, 1.82) is 0 Å². The zero-order valence-electron chi connectivity index (χ0n) is 15.0. The van der Waals surface area contributed by atoms with Crippen LogP contribution in [-0.2, 0) is 16.0 Å². The molecule has 0 fully saturated rings. The van der Waals surface area contributed by atoms with E-state index >= 15 is 0 Å². The van der Waals surface area contributed by atoms with Gasteiger partial charge in [-0.3, -0.25) is 4.79 Å². The minimum atomic E-state index is -1.10. The highest BCUT2D eigenvalue weighted by Gasteiger charge is 2.10. The van der Waals surface area contributed by atoms with Crippen LogP contribution >= 0.6 is 11.6 Å². The van der Waals surface area contributed by atoms with Crippen molar-refractivity contribution in [2.75, 3.05) is 26.1 Å². The molecule has 0 radical (unpaired) electrons. The van der Waals surface area contributed by atoms with Gasteiger partial charge in [0, 0.05) is 12.1 Å². The van der Waals surface area contributed by atoms with Crippen LogP contribution < -0.4 is 19.5 Å². The number of ether oxygens (including phenoxy) is 3. The second-order valence-corrected chi connectivity index (χ2v) is 5.96. The Morgan fingerprint density at radius 2 is 1.81 bits per heavy atom. The largest absolute Gasteiger partial charge is 0.497 e. The van der Waals surface area contributed by atoms with Gasteiger partial charge >= 0.3 is 5.97 Å². The molecule has 1 amide bonds. The van der Waals surface area contributed by atoms with Gasteiger partial charge in [0.25, 0.3) is 0 Å². The first-order valence-corrected chi connectivity index (χ1v) is 8.45. The van der Waals surface area contributed by atoms with E-state index in [0.29, 0.717) is 23.6 Å². The number of aliphatic carboxylic acids is 1. The molecule has 0 bridgehead atoms. The molecule has 0 spiro atoms. The van der Waals surface area contributed by atoms with Crippen molar-refractivity contribution in [3.8, 4) is 17.2 Å². The van der Waals surface area contributed by atoms with Gasteiger partial charge in [-0.15, -0.1) is 0 Å². The number of carbonyl (C=O) groups excluding carboxylic acids is 1. The lowest BCUT2D eigenvalue weighted by Gasteiger charge is -2.11. The van der Waals surface area contributed by atoms with Crippen LogP contribution in [-0.4, -0.2) is 37.8 Å². The zero-order valence-corrected chi connectivity index (χ0v) is 15.7. The first-order valence-electron chi connectivity index (χ1n) is 8.08. The van der Waals surface area contributed by atoms with Crippen LogP contribution in [0.15, 0.2) is 36.4 Å². The second-order valence-electron chi connectivity index (χ2n) is 5.55. The molecule has 0 saturated heterocycles. The van der Waals surface area contributed by atoms with E-state index in [-0.39, 0.29) is 23.1 Å². The fourth-order valence-electron chi connectivity index (χ4n) is 2.38. The van der Waals surface area contributed by atoms with Crippen molar-refractivity contribution < 1.29 is 28.9 Å². The molecule has 0 heterocycles. The maximum absolute atomic E-state index is 12.2. The Morgan fingerprint density at radius 3 is 2.44 bits per heavy atom. The summed E-state index contributed by atoms with van der Waals surface area (Å²) < 4.78 is 15.5. The summed E-state index contributed by atoms with van der Waals surface area (Å²) in [4.78, 5) is 22.7. The molecule has 0 aliphatic heterocycles. The summed E-state index contributed by atoms with van der Waals surface area (Å²) in [5, 5.41) is 11.6. The molecule has 0 aromatic heterocycles. The minimum absolute atomic E-state index is 0.199. The molecule has 27 heavy (non-hydrogen) atoms. The summed E-state index contributed by atoms with van der Waals surface area (Å²) in [7, 11) is 3.15. The number of amides is 1. The Kier molecular flexibility index (Phi) is 7.31. The van der Waals surface area contributed by atoms with Crippen LogP contribution in [0, 0.1) is 0 Å². The summed E-state index contributed by atoms with van der Waals surface area (Å²) in [6.45, 7) is -0.492. The third-order valence-corrected chi connectivity index (χ3v) is 3.97. The molecule has 8 heteroatoms. The molecule has 0 aliphatic rings. The number of carboxylic acids is 1. The summed E-state index contributed by atoms with van der Waals surface area (Å²) in [5.74, 6) is 0.311. The monoisotopic (exact) mass is 393 g/mol. The van der Waals surface area contributed by atoms with Crippen molar-refractivity contribution >= 4 is 29.2 Å². The van der Waals surface area contributed by atoms with Crippen molar-refractivity contribution in [2.45, 2.75) is 12.8 Å². The number of carboxylic acid groups (broad SMARTS) is 1. The molecule has 7 nitrogen and oxygen atoms in total. The average Bonchev–Trinajstić information content (AvgIpc) is 2.65. The van der Waals surface area contributed by atoms with Gasteiger partial charge < -0.3 is 24.6 Å². The van der Waals surface area contributed by atoms with E-state index < -0.39 is 12.6 Å². The van der Waals surface area contributed by atoms with E-state index in [9.17, 15) is 9.59 Å². The Labute approximate surface area is 161 Å². The van der Waals surface area contributed by atoms with Gasteiger partial charge in [-0.1, -0.05) is 11.6 Å². The first-order chi connectivity index (χ1) is 12.9. The van der Waals surface area contributed by atoms with Gasteiger partial charge in [0.1, 0.15) is 17.2 Å². The van der Waals surface area contributed by atoms with E-state index in [2.05, 4.69) is 5.32 Å². The maximum atomic E-state index is 12.2. The number of aryl methyl sites for hydroxylation is 1. The van der Waals surface area contributed by atoms with Crippen LogP contribution in [0.25, 0.3) is 0 Å². The summed E-state index contributed by atoms with van der Waals surface area (Å²) in [6, 6.07) is 10.0. The molecule has 0 unspecified atom stereocenters. The highest BCUT2D eigenvalue weighted by Crippen LogP contribution is 2.28. The van der Waals surface area contributed by atoms with Crippen molar-refractivity contribution in [1.82, 2.24) is 0 Å². The normalized spacial score (nSPS) is 10.2. The summed E-state index contributed by atoms with van der Waals surface area (Å²) >= 11 is 6.04. The van der Waals surface area contributed by atoms with Gasteiger partial charge in [-0.05, 0) is 48.4 Å². The fraction of sp³-hybridized carbons (Fsp3) is 0.263. The third-order valence-electron chi connectivity index (χ3n) is 3.68. The number of rotatable bonds is 9. The molecule has 2 aromatic rings. The Bertz CT molecular complexity index is 824. The number of carbonyl (C=O) groups is 2. The van der Waals surface area contributed by atoms with Gasteiger partial charge in [0.15, 0.2) is 6.61 Å². The van der Waals surface area contributed by atoms with Crippen LogP contribution in [0.5, 0.6) is 17.2 Å².